The minimum Gasteiger partial charge on any atom is -0.493 e. The lowest BCUT2D eigenvalue weighted by Gasteiger charge is -2.11. The first-order valence-electron chi connectivity index (χ1n) is 11.8. The van der Waals surface area contributed by atoms with Crippen LogP contribution in [0.3, 0.4) is 0 Å². The van der Waals surface area contributed by atoms with Crippen LogP contribution in [-0.4, -0.2) is 29.7 Å². The van der Waals surface area contributed by atoms with Gasteiger partial charge in [0.25, 0.3) is 5.56 Å². The quantitative estimate of drug-likeness (QED) is 0.273. The van der Waals surface area contributed by atoms with E-state index in [0.717, 1.165) is 24.6 Å². The molecular weight excluding hydrogens is 464 g/mol. The third-order valence-corrected chi connectivity index (χ3v) is 6.54. The monoisotopic (exact) mass is 490 g/mol. The van der Waals surface area contributed by atoms with Crippen molar-refractivity contribution in [3.05, 3.63) is 74.1 Å². The molecule has 36 heavy (non-hydrogen) atoms. The maximum absolute atomic E-state index is 12.9. The van der Waals surface area contributed by atoms with Crippen LogP contribution in [0.4, 0.5) is 0 Å². The molecule has 0 bridgehead atoms. The Bertz CT molecular complexity index is 1590. The molecule has 0 N–H and O–H groups in total. The summed E-state index contributed by atoms with van der Waals surface area (Å²) >= 11 is 0. The number of methoxy groups -OCH3 is 2. The van der Waals surface area contributed by atoms with Gasteiger partial charge < -0.3 is 18.6 Å². The molecular formula is C27H26N2O7. The molecule has 0 fully saturated rings. The molecule has 0 aliphatic heterocycles. The van der Waals surface area contributed by atoms with Crippen molar-refractivity contribution in [2.75, 3.05) is 14.2 Å². The Morgan fingerprint density at radius 3 is 2.53 bits per heavy atom. The molecule has 9 heteroatoms. The highest BCUT2D eigenvalue weighted by atomic mass is 16.5. The number of esters is 1. The summed E-state index contributed by atoms with van der Waals surface area (Å²) in [5.74, 6) is 0.522. The molecule has 0 saturated carbocycles. The van der Waals surface area contributed by atoms with Gasteiger partial charge in [0.1, 0.15) is 12.2 Å². The van der Waals surface area contributed by atoms with Crippen molar-refractivity contribution in [1.82, 2.24) is 9.55 Å². The zero-order valence-electron chi connectivity index (χ0n) is 20.2. The lowest BCUT2D eigenvalue weighted by atomic mass is 10.0. The van der Waals surface area contributed by atoms with E-state index in [0.29, 0.717) is 46.5 Å². The second-order valence-electron chi connectivity index (χ2n) is 8.79. The Labute approximate surface area is 206 Å². The van der Waals surface area contributed by atoms with E-state index in [1.165, 1.54) is 42.3 Å². The number of nitrogens with zero attached hydrogens (tertiary/aromatic N) is 2. The molecule has 0 unspecified atom stereocenters. The number of carbonyl (C=O) groups is 1. The first-order chi connectivity index (χ1) is 17.5. The number of fused-ring (bicyclic) bond motifs is 3. The smallest absolute Gasteiger partial charge is 0.336 e. The lowest BCUT2D eigenvalue weighted by Crippen LogP contribution is -2.21. The van der Waals surface area contributed by atoms with Crippen LogP contribution in [0.15, 0.2) is 50.7 Å². The zero-order chi connectivity index (χ0) is 25.2. The van der Waals surface area contributed by atoms with Crippen LogP contribution in [0, 0.1) is 0 Å². The third kappa shape index (κ3) is 4.56. The number of rotatable bonds is 8. The van der Waals surface area contributed by atoms with Crippen LogP contribution < -0.4 is 20.7 Å². The van der Waals surface area contributed by atoms with Gasteiger partial charge in [0.05, 0.1) is 31.4 Å². The number of ether oxygens (including phenoxy) is 3. The fourth-order valence-corrected chi connectivity index (χ4v) is 4.68. The number of hydrogen-bond donors (Lipinski definition) is 0. The Hall–Kier alpha value is -4.14. The van der Waals surface area contributed by atoms with Gasteiger partial charge in [-0.25, -0.2) is 9.78 Å². The van der Waals surface area contributed by atoms with Crippen molar-refractivity contribution in [2.24, 2.45) is 0 Å². The molecule has 5 rings (SSSR count). The molecule has 2 aromatic carbocycles. The summed E-state index contributed by atoms with van der Waals surface area (Å²) in [6.45, 7) is 0.286. The fourth-order valence-electron chi connectivity index (χ4n) is 4.68. The fraction of sp³-hybridized carbons (Fsp3) is 0.333. The predicted octanol–water partition coefficient (Wildman–Crippen LogP) is 3.53. The standard InChI is InChI=1S/C27H26N2O7/c1-33-23-12-20-21(13-24(23)34-2)28-15-29(27(20)32)8-4-7-25(30)35-14-18-11-26(31)36-22-10-17-6-3-5-16(17)9-19(18)22/h9-13,15H,3-8,14H2,1-2H3. The number of aromatic nitrogens is 2. The molecule has 2 heterocycles. The van der Waals surface area contributed by atoms with Crippen LogP contribution >= 0.6 is 0 Å². The van der Waals surface area contributed by atoms with Gasteiger partial charge in [0, 0.05) is 36.0 Å². The summed E-state index contributed by atoms with van der Waals surface area (Å²) in [6.07, 6.45) is 5.02. The highest BCUT2D eigenvalue weighted by Crippen LogP contribution is 2.30. The summed E-state index contributed by atoms with van der Waals surface area (Å²) in [4.78, 5) is 41.7. The third-order valence-electron chi connectivity index (χ3n) is 6.54. The lowest BCUT2D eigenvalue weighted by molar-refractivity contribution is -0.145. The zero-order valence-corrected chi connectivity index (χ0v) is 20.2. The van der Waals surface area contributed by atoms with Gasteiger partial charge in [-0.2, -0.15) is 0 Å². The minimum atomic E-state index is -0.469. The van der Waals surface area contributed by atoms with E-state index in [1.807, 2.05) is 12.1 Å². The van der Waals surface area contributed by atoms with E-state index < -0.39 is 11.6 Å². The Balaban J connectivity index is 1.24. The molecule has 1 aliphatic carbocycles. The van der Waals surface area contributed by atoms with Crippen molar-refractivity contribution in [1.29, 1.82) is 0 Å². The molecule has 0 radical (unpaired) electrons. The van der Waals surface area contributed by atoms with E-state index in [-0.39, 0.29) is 18.6 Å². The van der Waals surface area contributed by atoms with E-state index in [4.69, 9.17) is 18.6 Å². The van der Waals surface area contributed by atoms with E-state index in [1.54, 1.807) is 12.1 Å². The van der Waals surface area contributed by atoms with Crippen molar-refractivity contribution >= 4 is 27.8 Å². The Kier molecular flexibility index (Phi) is 6.45. The summed E-state index contributed by atoms with van der Waals surface area (Å²) < 4.78 is 22.8. The average molecular weight is 491 g/mol. The Morgan fingerprint density at radius 2 is 1.75 bits per heavy atom. The molecule has 0 amide bonds. The summed E-state index contributed by atoms with van der Waals surface area (Å²) in [5.41, 5.74) is 3.40. The van der Waals surface area contributed by atoms with Gasteiger partial charge in [0.15, 0.2) is 11.5 Å². The SMILES string of the molecule is COc1cc2ncn(CCCC(=O)OCc3cc(=O)oc4cc5c(cc34)CCC5)c(=O)c2cc1OC. The Morgan fingerprint density at radius 1 is 1.00 bits per heavy atom. The maximum Gasteiger partial charge on any atom is 0.336 e. The van der Waals surface area contributed by atoms with Gasteiger partial charge in [-0.1, -0.05) is 0 Å². The topological polar surface area (TPSA) is 110 Å². The number of benzene rings is 2. The first-order valence-corrected chi connectivity index (χ1v) is 11.8. The van der Waals surface area contributed by atoms with Crippen molar-refractivity contribution in [3.8, 4) is 11.5 Å². The van der Waals surface area contributed by atoms with Gasteiger partial charge >= 0.3 is 11.6 Å². The number of carbonyl (C=O) groups excluding carboxylic acids is 1. The predicted molar refractivity (Wildman–Crippen MR) is 133 cm³/mol. The van der Waals surface area contributed by atoms with Crippen LogP contribution in [0.2, 0.25) is 0 Å². The molecule has 9 nitrogen and oxygen atoms in total. The van der Waals surface area contributed by atoms with Gasteiger partial charge in [-0.05, 0) is 55.0 Å². The van der Waals surface area contributed by atoms with Crippen molar-refractivity contribution in [2.45, 2.75) is 45.3 Å². The molecule has 0 spiro atoms. The normalized spacial score (nSPS) is 12.6. The van der Waals surface area contributed by atoms with Crippen LogP contribution in [0.1, 0.15) is 36.0 Å². The number of hydrogen-bond acceptors (Lipinski definition) is 8. The van der Waals surface area contributed by atoms with Crippen LogP contribution in [0.5, 0.6) is 11.5 Å². The van der Waals surface area contributed by atoms with E-state index in [2.05, 4.69) is 4.98 Å². The largest absolute Gasteiger partial charge is 0.493 e. The molecule has 186 valence electrons. The van der Waals surface area contributed by atoms with Crippen LogP contribution in [0.25, 0.3) is 21.9 Å². The highest BCUT2D eigenvalue weighted by molar-refractivity contribution is 5.83. The minimum absolute atomic E-state index is 0.0151. The van der Waals surface area contributed by atoms with E-state index >= 15 is 0 Å². The first kappa shape index (κ1) is 23.6. The van der Waals surface area contributed by atoms with E-state index in [9.17, 15) is 14.4 Å². The second kappa shape index (κ2) is 9.85. The van der Waals surface area contributed by atoms with Crippen LogP contribution in [-0.2, 0) is 35.5 Å². The summed E-state index contributed by atoms with van der Waals surface area (Å²) in [6, 6.07) is 8.59. The van der Waals surface area contributed by atoms with Crippen molar-refractivity contribution < 1.29 is 23.4 Å². The maximum atomic E-state index is 12.9. The van der Waals surface area contributed by atoms with Gasteiger partial charge in [-0.15, -0.1) is 0 Å². The van der Waals surface area contributed by atoms with Crippen molar-refractivity contribution in [3.63, 3.8) is 0 Å². The summed E-state index contributed by atoms with van der Waals surface area (Å²) in [5, 5.41) is 1.20. The second-order valence-corrected chi connectivity index (χ2v) is 8.79. The molecule has 4 aromatic rings. The van der Waals surface area contributed by atoms with Gasteiger partial charge in [-0.3, -0.25) is 14.2 Å². The number of aryl methyl sites for hydroxylation is 3. The van der Waals surface area contributed by atoms with Gasteiger partial charge in [0.2, 0.25) is 0 Å². The molecule has 1 aliphatic rings. The molecule has 0 saturated heterocycles. The highest BCUT2D eigenvalue weighted by Gasteiger charge is 2.16. The molecule has 2 aromatic heterocycles. The summed E-state index contributed by atoms with van der Waals surface area (Å²) in [7, 11) is 3.02. The average Bonchev–Trinajstić information content (AvgIpc) is 3.34. The molecule has 0 atom stereocenters.